The Bertz CT molecular complexity index is 960. The average Bonchev–Trinajstić information content (AvgIpc) is 2.67. The summed E-state index contributed by atoms with van der Waals surface area (Å²) in [7, 11) is 4.42. The van der Waals surface area contributed by atoms with Gasteiger partial charge in [0, 0.05) is 19.8 Å². The molecule has 0 radical (unpaired) electrons. The minimum atomic E-state index is -3.56. The third kappa shape index (κ3) is 5.69. The van der Waals surface area contributed by atoms with Gasteiger partial charge in [0.25, 0.3) is 5.91 Å². The molecule has 0 aromatic heterocycles. The summed E-state index contributed by atoms with van der Waals surface area (Å²) in [6, 6.07) is 11.8. The zero-order valence-corrected chi connectivity index (χ0v) is 18.2. The second-order valence-electron chi connectivity index (χ2n) is 6.83. The Hall–Kier alpha value is -2.62. The molecule has 2 rings (SSSR count). The molecule has 9 heteroatoms. The van der Waals surface area contributed by atoms with Crippen LogP contribution in [0.2, 0.25) is 0 Å². The fourth-order valence-electron chi connectivity index (χ4n) is 2.90. The van der Waals surface area contributed by atoms with Crippen molar-refractivity contribution in [2.24, 2.45) is 0 Å². The molecule has 1 unspecified atom stereocenters. The largest absolute Gasteiger partial charge is 0.493 e. The lowest BCUT2D eigenvalue weighted by atomic mass is 10.1. The van der Waals surface area contributed by atoms with Gasteiger partial charge in [-0.25, -0.2) is 12.7 Å². The van der Waals surface area contributed by atoms with Gasteiger partial charge in [-0.2, -0.15) is 0 Å². The smallest absolute Gasteiger partial charge is 0.279 e. The molecule has 8 nitrogen and oxygen atoms in total. The lowest BCUT2D eigenvalue weighted by molar-refractivity contribution is -0.885. The number of hydrogen-bond donors (Lipinski definition) is 2. The Morgan fingerprint density at radius 1 is 1.10 bits per heavy atom. The summed E-state index contributed by atoms with van der Waals surface area (Å²) >= 11 is 0. The number of methoxy groups -OCH3 is 2. The molecule has 2 aromatic rings. The molecule has 29 heavy (non-hydrogen) atoms. The predicted molar refractivity (Wildman–Crippen MR) is 111 cm³/mol. The van der Waals surface area contributed by atoms with Gasteiger partial charge in [-0.3, -0.25) is 4.79 Å². The number of benzene rings is 2. The summed E-state index contributed by atoms with van der Waals surface area (Å²) in [5, 5.41) is 2.76. The monoisotopic (exact) mass is 422 g/mol. The molecule has 0 saturated carbocycles. The van der Waals surface area contributed by atoms with Crippen LogP contribution in [0, 0.1) is 0 Å². The first-order valence-electron chi connectivity index (χ1n) is 9.02. The average molecular weight is 423 g/mol. The van der Waals surface area contributed by atoms with Gasteiger partial charge < -0.3 is 19.7 Å². The normalized spacial score (nSPS) is 12.5. The van der Waals surface area contributed by atoms with Crippen LogP contribution in [0.5, 0.6) is 11.5 Å². The first kappa shape index (κ1) is 22.7. The number of rotatable bonds is 9. The van der Waals surface area contributed by atoms with Crippen molar-refractivity contribution in [3.63, 3.8) is 0 Å². The number of amides is 1. The Labute approximate surface area is 172 Å². The van der Waals surface area contributed by atoms with Crippen molar-refractivity contribution in [3.8, 4) is 11.5 Å². The minimum Gasteiger partial charge on any atom is -0.493 e. The fourth-order valence-corrected chi connectivity index (χ4v) is 3.85. The molecule has 2 aromatic carbocycles. The highest BCUT2D eigenvalue weighted by atomic mass is 32.2. The number of likely N-dealkylation sites (N-methyl/N-ethyl adjacent to an activating group) is 1. The molecular weight excluding hydrogens is 394 g/mol. The number of anilines is 1. The number of carbonyl (C=O) groups excluding carboxylic acids is 1. The number of sulfonamides is 1. The van der Waals surface area contributed by atoms with E-state index in [0.29, 0.717) is 23.7 Å². The maximum Gasteiger partial charge on any atom is 0.279 e. The van der Waals surface area contributed by atoms with Gasteiger partial charge in [0.2, 0.25) is 10.0 Å². The van der Waals surface area contributed by atoms with Crippen LogP contribution in [0.1, 0.15) is 5.56 Å². The lowest BCUT2D eigenvalue weighted by Crippen LogP contribution is -3.08. The molecular formula is C20H28N3O5S+. The molecule has 158 valence electrons. The van der Waals surface area contributed by atoms with Crippen molar-refractivity contribution < 1.29 is 27.6 Å². The molecule has 0 fully saturated rings. The van der Waals surface area contributed by atoms with Crippen molar-refractivity contribution in [1.29, 1.82) is 0 Å². The molecule has 0 bridgehead atoms. The number of hydrogen-bond acceptors (Lipinski definition) is 5. The Balaban J connectivity index is 2.05. The Morgan fingerprint density at radius 2 is 1.79 bits per heavy atom. The quantitative estimate of drug-likeness (QED) is 0.618. The van der Waals surface area contributed by atoms with E-state index in [-0.39, 0.29) is 17.3 Å². The van der Waals surface area contributed by atoms with Crippen LogP contribution in [0.3, 0.4) is 0 Å². The van der Waals surface area contributed by atoms with Crippen LogP contribution in [0.25, 0.3) is 0 Å². The molecule has 0 saturated heterocycles. The number of para-hydroxylation sites is 1. The highest BCUT2D eigenvalue weighted by molar-refractivity contribution is 7.89. The van der Waals surface area contributed by atoms with E-state index in [9.17, 15) is 13.2 Å². The number of nitrogens with one attached hydrogen (secondary N) is 2. The fraction of sp³-hybridized carbons (Fsp3) is 0.350. The molecule has 0 aliphatic carbocycles. The number of nitrogens with zero attached hydrogens (tertiary/aromatic N) is 1. The van der Waals surface area contributed by atoms with Crippen molar-refractivity contribution in [1.82, 2.24) is 4.31 Å². The van der Waals surface area contributed by atoms with Crippen LogP contribution < -0.4 is 19.7 Å². The molecule has 1 atom stereocenters. The van der Waals surface area contributed by atoms with Crippen LogP contribution in [-0.4, -0.2) is 60.5 Å². The molecule has 0 spiro atoms. The van der Waals surface area contributed by atoms with Gasteiger partial charge in [-0.15, -0.1) is 0 Å². The highest BCUT2D eigenvalue weighted by Crippen LogP contribution is 2.30. The molecule has 2 N–H and O–H groups in total. The van der Waals surface area contributed by atoms with Crippen LogP contribution in [-0.2, 0) is 21.4 Å². The summed E-state index contributed by atoms with van der Waals surface area (Å²) in [5.74, 6) is 1.07. The SMILES string of the molecule is COc1cccc(C[NH+](C)CC(=O)Nc2cccc(S(=O)(=O)N(C)C)c2)c1OC. The summed E-state index contributed by atoms with van der Waals surface area (Å²) in [5.41, 5.74) is 1.36. The summed E-state index contributed by atoms with van der Waals surface area (Å²) in [6.07, 6.45) is 0. The number of carbonyl (C=O) groups is 1. The van der Waals surface area contributed by atoms with E-state index in [1.54, 1.807) is 26.4 Å². The maximum absolute atomic E-state index is 12.4. The van der Waals surface area contributed by atoms with Crippen LogP contribution in [0.15, 0.2) is 47.4 Å². The molecule has 0 aliphatic rings. The molecule has 0 aliphatic heterocycles. The number of quaternary nitrogens is 1. The minimum absolute atomic E-state index is 0.127. The number of ether oxygens (including phenoxy) is 2. The zero-order valence-electron chi connectivity index (χ0n) is 17.4. The second kappa shape index (κ2) is 9.73. The van der Waals surface area contributed by atoms with Gasteiger partial charge in [0.15, 0.2) is 18.0 Å². The Morgan fingerprint density at radius 3 is 2.41 bits per heavy atom. The maximum atomic E-state index is 12.4. The summed E-state index contributed by atoms with van der Waals surface area (Å²) in [6.45, 7) is 0.758. The molecule has 0 heterocycles. The predicted octanol–water partition coefficient (Wildman–Crippen LogP) is 0.608. The van der Waals surface area contributed by atoms with Crippen LogP contribution >= 0.6 is 0 Å². The van der Waals surface area contributed by atoms with E-state index in [2.05, 4.69) is 5.32 Å². The standard InChI is InChI=1S/C20H27N3O5S/c1-22(2)29(25,26)17-10-7-9-16(12-17)21-19(24)14-23(3)13-15-8-6-11-18(27-4)20(15)28-5/h6-12H,13-14H2,1-5H3,(H,21,24)/p+1. The van der Waals surface area contributed by atoms with E-state index < -0.39 is 10.0 Å². The van der Waals surface area contributed by atoms with E-state index in [1.165, 1.54) is 26.2 Å². The van der Waals surface area contributed by atoms with E-state index in [0.717, 1.165) is 14.8 Å². The first-order chi connectivity index (χ1) is 13.7. The lowest BCUT2D eigenvalue weighted by Gasteiger charge is -2.17. The first-order valence-corrected chi connectivity index (χ1v) is 10.5. The van der Waals surface area contributed by atoms with E-state index >= 15 is 0 Å². The van der Waals surface area contributed by atoms with Crippen molar-refractivity contribution >= 4 is 21.6 Å². The summed E-state index contributed by atoms with van der Waals surface area (Å²) < 4.78 is 36.4. The van der Waals surface area contributed by atoms with Crippen LogP contribution in [0.4, 0.5) is 5.69 Å². The third-order valence-corrected chi connectivity index (χ3v) is 6.15. The molecule has 1 amide bonds. The van der Waals surface area contributed by atoms with Crippen molar-refractivity contribution in [2.75, 3.05) is 47.2 Å². The van der Waals surface area contributed by atoms with Gasteiger partial charge in [0.1, 0.15) is 6.54 Å². The Kier molecular flexibility index (Phi) is 7.60. The zero-order chi connectivity index (χ0) is 21.6. The van der Waals surface area contributed by atoms with Crippen molar-refractivity contribution in [2.45, 2.75) is 11.4 Å². The van der Waals surface area contributed by atoms with Gasteiger partial charge >= 0.3 is 0 Å². The van der Waals surface area contributed by atoms with E-state index in [4.69, 9.17) is 9.47 Å². The highest BCUT2D eigenvalue weighted by Gasteiger charge is 2.19. The van der Waals surface area contributed by atoms with E-state index in [1.807, 2.05) is 25.2 Å². The third-order valence-electron chi connectivity index (χ3n) is 4.34. The second-order valence-corrected chi connectivity index (χ2v) is 8.98. The van der Waals surface area contributed by atoms with Crippen molar-refractivity contribution in [3.05, 3.63) is 48.0 Å². The van der Waals surface area contributed by atoms with Gasteiger partial charge in [-0.05, 0) is 30.3 Å². The van der Waals surface area contributed by atoms with Gasteiger partial charge in [-0.1, -0.05) is 12.1 Å². The summed E-state index contributed by atoms with van der Waals surface area (Å²) in [4.78, 5) is 13.5. The van der Waals surface area contributed by atoms with Gasteiger partial charge in [0.05, 0.1) is 31.7 Å². The topological polar surface area (TPSA) is 89.4 Å².